The highest BCUT2D eigenvalue weighted by molar-refractivity contribution is 5.94. The van der Waals surface area contributed by atoms with Gasteiger partial charge in [-0.2, -0.15) is 0 Å². The average Bonchev–Trinajstić information content (AvgIpc) is 2.39. The monoisotopic (exact) mass is 233 g/mol. The second-order valence-corrected chi connectivity index (χ2v) is 4.50. The van der Waals surface area contributed by atoms with Crippen LogP contribution in [0.5, 0.6) is 0 Å². The lowest BCUT2D eigenvalue weighted by Crippen LogP contribution is -2.47. The molecule has 0 atom stereocenters. The Bertz CT molecular complexity index is 380. The molecule has 1 saturated heterocycles. The van der Waals surface area contributed by atoms with Gasteiger partial charge in [0.25, 0.3) is 5.91 Å². The molecule has 2 N–H and O–H groups in total. The van der Waals surface area contributed by atoms with Gasteiger partial charge in [-0.3, -0.25) is 4.79 Å². The molecule has 4 nitrogen and oxygen atoms in total. The van der Waals surface area contributed by atoms with Crippen molar-refractivity contribution < 1.29 is 4.79 Å². The molecule has 0 aromatic heterocycles. The van der Waals surface area contributed by atoms with Gasteiger partial charge in [0.15, 0.2) is 0 Å². The van der Waals surface area contributed by atoms with Crippen LogP contribution in [0.1, 0.15) is 15.9 Å². The summed E-state index contributed by atoms with van der Waals surface area (Å²) in [5, 5.41) is 0. The van der Waals surface area contributed by atoms with E-state index in [0.29, 0.717) is 6.54 Å². The van der Waals surface area contributed by atoms with Gasteiger partial charge >= 0.3 is 0 Å². The molecule has 92 valence electrons. The van der Waals surface area contributed by atoms with Gasteiger partial charge in [-0.25, -0.2) is 0 Å². The molecule has 17 heavy (non-hydrogen) atoms. The Balaban J connectivity index is 2.03. The summed E-state index contributed by atoms with van der Waals surface area (Å²) in [6, 6.07) is 7.57. The smallest absolute Gasteiger partial charge is 0.253 e. The first kappa shape index (κ1) is 12.1. The Morgan fingerprint density at radius 2 is 1.76 bits per heavy atom. The first-order chi connectivity index (χ1) is 8.20. The van der Waals surface area contributed by atoms with E-state index in [2.05, 4.69) is 11.9 Å². The predicted molar refractivity (Wildman–Crippen MR) is 67.7 cm³/mol. The van der Waals surface area contributed by atoms with E-state index in [1.165, 1.54) is 0 Å². The molecule has 4 heteroatoms. The van der Waals surface area contributed by atoms with Gasteiger partial charge < -0.3 is 15.5 Å². The minimum atomic E-state index is 0.127. The Hall–Kier alpha value is -1.39. The number of carbonyl (C=O) groups excluding carboxylic acids is 1. The minimum Gasteiger partial charge on any atom is -0.336 e. The minimum absolute atomic E-state index is 0.127. The van der Waals surface area contributed by atoms with Crippen molar-refractivity contribution in [2.45, 2.75) is 6.54 Å². The number of nitrogens with two attached hydrogens (primary N) is 1. The molecule has 1 aromatic carbocycles. The highest BCUT2D eigenvalue weighted by atomic mass is 16.2. The summed E-state index contributed by atoms with van der Waals surface area (Å²) in [5.74, 6) is 0.127. The fourth-order valence-electron chi connectivity index (χ4n) is 1.98. The number of hydrogen-bond acceptors (Lipinski definition) is 3. The van der Waals surface area contributed by atoms with Gasteiger partial charge in [0.05, 0.1) is 0 Å². The van der Waals surface area contributed by atoms with Crippen molar-refractivity contribution in [3.63, 3.8) is 0 Å². The number of likely N-dealkylation sites (N-methyl/N-ethyl adjacent to an activating group) is 1. The summed E-state index contributed by atoms with van der Waals surface area (Å²) < 4.78 is 0. The van der Waals surface area contributed by atoms with Crippen LogP contribution in [0.25, 0.3) is 0 Å². The van der Waals surface area contributed by atoms with Crippen molar-refractivity contribution in [2.24, 2.45) is 5.73 Å². The quantitative estimate of drug-likeness (QED) is 0.811. The molecule has 2 rings (SSSR count). The van der Waals surface area contributed by atoms with Crippen molar-refractivity contribution in [3.05, 3.63) is 35.4 Å². The molecule has 0 unspecified atom stereocenters. The zero-order valence-corrected chi connectivity index (χ0v) is 10.2. The SMILES string of the molecule is CN1CCN(C(=O)c2ccc(CN)cc2)CC1. The van der Waals surface area contributed by atoms with E-state index < -0.39 is 0 Å². The van der Waals surface area contributed by atoms with E-state index in [1.807, 2.05) is 29.2 Å². The van der Waals surface area contributed by atoms with E-state index in [1.54, 1.807) is 0 Å². The Labute approximate surface area is 102 Å². The summed E-state index contributed by atoms with van der Waals surface area (Å²) in [6.07, 6.45) is 0. The van der Waals surface area contributed by atoms with Crippen molar-refractivity contribution in [2.75, 3.05) is 33.2 Å². The van der Waals surface area contributed by atoms with Crippen LogP contribution in [0.3, 0.4) is 0 Å². The first-order valence-corrected chi connectivity index (χ1v) is 5.97. The number of carbonyl (C=O) groups is 1. The van der Waals surface area contributed by atoms with Crippen LogP contribution in [-0.4, -0.2) is 48.9 Å². The van der Waals surface area contributed by atoms with Crippen molar-refractivity contribution in [3.8, 4) is 0 Å². The summed E-state index contributed by atoms with van der Waals surface area (Å²) >= 11 is 0. The molecular weight excluding hydrogens is 214 g/mol. The third-order valence-corrected chi connectivity index (χ3v) is 3.23. The first-order valence-electron chi connectivity index (χ1n) is 5.97. The lowest BCUT2D eigenvalue weighted by molar-refractivity contribution is 0.0664. The van der Waals surface area contributed by atoms with Crippen LogP contribution < -0.4 is 5.73 Å². The largest absolute Gasteiger partial charge is 0.336 e. The fraction of sp³-hybridized carbons (Fsp3) is 0.462. The van der Waals surface area contributed by atoms with Crippen LogP contribution >= 0.6 is 0 Å². The maximum absolute atomic E-state index is 12.2. The zero-order valence-electron chi connectivity index (χ0n) is 10.2. The molecular formula is C13H19N3O. The van der Waals surface area contributed by atoms with Crippen LogP contribution in [0.2, 0.25) is 0 Å². The second kappa shape index (κ2) is 5.29. The number of benzene rings is 1. The van der Waals surface area contributed by atoms with Gasteiger partial charge in [0.2, 0.25) is 0 Å². The average molecular weight is 233 g/mol. The van der Waals surface area contributed by atoms with Gasteiger partial charge in [-0.1, -0.05) is 12.1 Å². The highest BCUT2D eigenvalue weighted by Crippen LogP contribution is 2.09. The summed E-state index contributed by atoms with van der Waals surface area (Å²) in [4.78, 5) is 16.3. The Morgan fingerprint density at radius 3 is 2.29 bits per heavy atom. The number of rotatable bonds is 2. The fourth-order valence-corrected chi connectivity index (χ4v) is 1.98. The Kier molecular flexibility index (Phi) is 3.76. The molecule has 0 spiro atoms. The standard InChI is InChI=1S/C13H19N3O/c1-15-6-8-16(9-7-15)13(17)12-4-2-11(10-14)3-5-12/h2-5H,6-10,14H2,1H3. The van der Waals surface area contributed by atoms with Crippen molar-refractivity contribution >= 4 is 5.91 Å². The summed E-state index contributed by atoms with van der Waals surface area (Å²) in [5.41, 5.74) is 7.34. The molecule has 0 saturated carbocycles. The number of hydrogen-bond donors (Lipinski definition) is 1. The van der Waals surface area contributed by atoms with E-state index >= 15 is 0 Å². The molecule has 0 aliphatic carbocycles. The zero-order chi connectivity index (χ0) is 12.3. The topological polar surface area (TPSA) is 49.6 Å². The Morgan fingerprint density at radius 1 is 1.18 bits per heavy atom. The number of piperazine rings is 1. The van der Waals surface area contributed by atoms with Crippen molar-refractivity contribution in [1.29, 1.82) is 0 Å². The van der Waals surface area contributed by atoms with Crippen LogP contribution in [-0.2, 0) is 6.54 Å². The lowest BCUT2D eigenvalue weighted by Gasteiger charge is -2.32. The van der Waals surface area contributed by atoms with E-state index in [9.17, 15) is 4.79 Å². The third kappa shape index (κ3) is 2.84. The number of amides is 1. The van der Waals surface area contributed by atoms with Gasteiger partial charge in [0, 0.05) is 38.3 Å². The second-order valence-electron chi connectivity index (χ2n) is 4.50. The highest BCUT2D eigenvalue weighted by Gasteiger charge is 2.19. The summed E-state index contributed by atoms with van der Waals surface area (Å²) in [6.45, 7) is 4.05. The van der Waals surface area contributed by atoms with Gasteiger partial charge in [0.1, 0.15) is 0 Å². The van der Waals surface area contributed by atoms with Crippen LogP contribution in [0, 0.1) is 0 Å². The normalized spacial score (nSPS) is 17.2. The molecule has 1 aromatic rings. The van der Waals surface area contributed by atoms with Crippen LogP contribution in [0.15, 0.2) is 24.3 Å². The van der Waals surface area contributed by atoms with Crippen LogP contribution in [0.4, 0.5) is 0 Å². The van der Waals surface area contributed by atoms with Gasteiger partial charge in [-0.15, -0.1) is 0 Å². The predicted octanol–water partition coefficient (Wildman–Crippen LogP) is 0.533. The third-order valence-electron chi connectivity index (χ3n) is 3.23. The van der Waals surface area contributed by atoms with E-state index in [4.69, 9.17) is 5.73 Å². The lowest BCUT2D eigenvalue weighted by atomic mass is 10.1. The molecule has 1 fully saturated rings. The van der Waals surface area contributed by atoms with Crippen molar-refractivity contribution in [1.82, 2.24) is 9.80 Å². The molecule has 1 amide bonds. The van der Waals surface area contributed by atoms with E-state index in [0.717, 1.165) is 37.3 Å². The molecule has 1 heterocycles. The maximum atomic E-state index is 12.2. The molecule has 0 radical (unpaired) electrons. The summed E-state index contributed by atoms with van der Waals surface area (Å²) in [7, 11) is 2.08. The molecule has 1 aliphatic heterocycles. The van der Waals surface area contributed by atoms with E-state index in [-0.39, 0.29) is 5.91 Å². The maximum Gasteiger partial charge on any atom is 0.253 e. The molecule has 0 bridgehead atoms. The van der Waals surface area contributed by atoms with Gasteiger partial charge in [-0.05, 0) is 24.7 Å². The number of nitrogens with zero attached hydrogens (tertiary/aromatic N) is 2. The molecule has 1 aliphatic rings.